The van der Waals surface area contributed by atoms with Gasteiger partial charge in [0.15, 0.2) is 0 Å². The van der Waals surface area contributed by atoms with Crippen molar-refractivity contribution in [3.63, 3.8) is 0 Å². The lowest BCUT2D eigenvalue weighted by Crippen LogP contribution is -2.57. The molecule has 0 amide bonds. The fraction of sp³-hybridized carbons (Fsp3) is 0.692. The molecule has 56 heavy (non-hydrogen) atoms. The van der Waals surface area contributed by atoms with Crippen LogP contribution in [0.25, 0.3) is 0 Å². The van der Waals surface area contributed by atoms with E-state index in [9.17, 15) is 9.90 Å². The van der Waals surface area contributed by atoms with Crippen molar-refractivity contribution in [2.75, 3.05) is 82.3 Å². The van der Waals surface area contributed by atoms with Crippen molar-refractivity contribution in [2.45, 2.75) is 101 Å². The highest BCUT2D eigenvalue weighted by atomic mass is 28.5. The number of ether oxygens (including phenoxy) is 3. The summed E-state index contributed by atoms with van der Waals surface area (Å²) in [7, 11) is -0.123. The monoisotopic (exact) mass is 875 g/mol. The molecule has 2 aromatic carbocycles. The predicted molar refractivity (Wildman–Crippen MR) is 242 cm³/mol. The lowest BCUT2D eigenvalue weighted by molar-refractivity contribution is 0.00617. The van der Waals surface area contributed by atoms with Gasteiger partial charge in [0.2, 0.25) is 0 Å². The zero-order valence-electron chi connectivity index (χ0n) is 31.4. The Kier molecular flexibility index (Phi) is 42.5. The summed E-state index contributed by atoms with van der Waals surface area (Å²) in [6.45, 7) is 8.37. The second-order valence-corrected chi connectivity index (χ2v) is 25.0. The number of aliphatic hydroxyl groups excluding tert-OH is 2. The van der Waals surface area contributed by atoms with Crippen LogP contribution in [0.1, 0.15) is 57.4 Å². The Morgan fingerprint density at radius 2 is 1.05 bits per heavy atom. The highest BCUT2D eigenvalue weighted by Gasteiger charge is 2.42. The number of hydrogen-bond acceptors (Lipinski definition) is 13. The van der Waals surface area contributed by atoms with E-state index in [1.165, 1.54) is 0 Å². The van der Waals surface area contributed by atoms with Gasteiger partial charge in [-0.1, -0.05) is 105 Å². The molecule has 17 heteroatoms. The second kappa shape index (κ2) is 35.7. The van der Waals surface area contributed by atoms with Crippen molar-refractivity contribution < 1.29 is 59.9 Å². The van der Waals surface area contributed by atoms with Crippen LogP contribution in [0.5, 0.6) is 0 Å². The number of aliphatic hydroxyl groups is 2. The maximum Gasteiger partial charge on any atom is 0.536 e. The van der Waals surface area contributed by atoms with Crippen LogP contribution in [0.15, 0.2) is 60.7 Å². The molecule has 0 radical (unpaired) electrons. The van der Waals surface area contributed by atoms with Gasteiger partial charge in [-0.2, -0.15) is 0 Å². The van der Waals surface area contributed by atoms with Crippen molar-refractivity contribution in [1.82, 2.24) is 0 Å². The van der Waals surface area contributed by atoms with Crippen molar-refractivity contribution in [3.05, 3.63) is 60.7 Å². The van der Waals surface area contributed by atoms with Gasteiger partial charge in [-0.3, -0.25) is 0 Å². The van der Waals surface area contributed by atoms with Crippen LogP contribution in [0.3, 0.4) is 0 Å². The van der Waals surface area contributed by atoms with Gasteiger partial charge in [0, 0.05) is 61.1 Å². The molecule has 0 aliphatic carbocycles. The van der Waals surface area contributed by atoms with Crippen LogP contribution in [0, 0.1) is 0 Å². The van der Waals surface area contributed by atoms with Gasteiger partial charge in [0.05, 0.1) is 26.4 Å². The molecular formula is C39H86O13Si4. The third kappa shape index (κ3) is 26.0. The lowest BCUT2D eigenvalue weighted by Gasteiger charge is -2.33. The zero-order chi connectivity index (χ0) is 37.5. The quantitative estimate of drug-likeness (QED) is 0.0660. The zero-order valence-corrected chi connectivity index (χ0v) is 35.4. The van der Waals surface area contributed by atoms with E-state index in [0.717, 1.165) is 42.7 Å². The molecule has 336 valence electrons. The molecule has 1 aliphatic rings. The lowest BCUT2D eigenvalue weighted by atomic mass is 10.4. The summed E-state index contributed by atoms with van der Waals surface area (Å²) in [5.41, 5.74) is 0. The molecule has 1 fully saturated rings. The third-order valence-electron chi connectivity index (χ3n) is 8.02. The predicted octanol–water partition coefficient (Wildman–Crippen LogP) is 6.20. The molecule has 0 spiro atoms. The van der Waals surface area contributed by atoms with E-state index >= 15 is 0 Å². The molecule has 1 saturated heterocycles. The van der Waals surface area contributed by atoms with Gasteiger partial charge in [0.1, 0.15) is 12.2 Å². The van der Waals surface area contributed by atoms with Crippen LogP contribution in [-0.2, 0) is 44.9 Å². The summed E-state index contributed by atoms with van der Waals surface area (Å²) in [5, 5.41) is 19.7. The van der Waals surface area contributed by atoms with E-state index in [4.69, 9.17) is 50.0 Å². The Morgan fingerprint density at radius 1 is 0.643 bits per heavy atom. The molecule has 0 saturated carbocycles. The van der Waals surface area contributed by atoms with Gasteiger partial charge < -0.3 is 59.9 Å². The van der Waals surface area contributed by atoms with Gasteiger partial charge >= 0.3 is 34.5 Å². The standard InChI is InChI=1S/C15H28O6Si2.C9H20O4Si.C9H14O3Si.6CH4/c1-19-22(2,11-7-10-20-13-14(17)12-16)21-23(3,18)15-8-5-4-6-9-15;1-10-14(3,11-2)6-4-5-12-7-9-8-13-9;1-10-13(11-2,12-3)9-7-5-4-6-8-9;;;;;;/h4-6,8-9,14,16-18H,7,10-13H2,1-3H3;9H,4-8H2,1-3H3;4-8H,1-3H3;6*1H4. The van der Waals surface area contributed by atoms with E-state index < -0.39 is 40.6 Å². The summed E-state index contributed by atoms with van der Waals surface area (Å²) in [6, 6.07) is 20.8. The minimum absolute atomic E-state index is 0. The summed E-state index contributed by atoms with van der Waals surface area (Å²) < 4.78 is 54.1. The van der Waals surface area contributed by atoms with Crippen LogP contribution in [0.4, 0.5) is 0 Å². The molecule has 4 atom stereocenters. The first kappa shape index (κ1) is 66.6. The van der Waals surface area contributed by atoms with Gasteiger partial charge in [0.25, 0.3) is 0 Å². The Balaban J connectivity index is -0.000000167. The molecule has 2 aromatic rings. The molecule has 0 aromatic heterocycles. The fourth-order valence-corrected chi connectivity index (χ4v) is 14.1. The third-order valence-corrected chi connectivity index (χ3v) is 20.5. The SMILES string of the molecule is C.C.C.C.C.C.CO[Si](C)(CCCOCC(O)CO)O[Si](C)(O)c1ccccc1.CO[Si](C)(CCCOCC1CO1)OC.CO[Si](OC)(OC)c1ccccc1. The van der Waals surface area contributed by atoms with Gasteiger partial charge in [-0.25, -0.2) is 0 Å². The summed E-state index contributed by atoms with van der Waals surface area (Å²) in [6.07, 6.45) is 1.22. The number of rotatable bonds is 23. The van der Waals surface area contributed by atoms with E-state index in [2.05, 4.69) is 6.55 Å². The van der Waals surface area contributed by atoms with Crippen molar-refractivity contribution in [2.24, 2.45) is 0 Å². The summed E-state index contributed by atoms with van der Waals surface area (Å²) in [5.74, 6) is 0. The van der Waals surface area contributed by atoms with Crippen LogP contribution in [0.2, 0.25) is 31.7 Å². The Labute approximate surface area is 348 Å². The van der Waals surface area contributed by atoms with E-state index in [-0.39, 0.29) is 57.8 Å². The first-order valence-electron chi connectivity index (χ1n) is 16.7. The fourth-order valence-electron chi connectivity index (χ4n) is 4.60. The minimum Gasteiger partial charge on any atom is -0.411 e. The molecule has 3 rings (SSSR count). The molecule has 1 heterocycles. The van der Waals surface area contributed by atoms with E-state index in [1.807, 2.05) is 67.2 Å². The summed E-state index contributed by atoms with van der Waals surface area (Å²) in [4.78, 5) is 10.7. The second-order valence-electron chi connectivity index (χ2n) is 12.0. The number of benzene rings is 2. The van der Waals surface area contributed by atoms with Crippen LogP contribution >= 0.6 is 0 Å². The Morgan fingerprint density at radius 3 is 1.45 bits per heavy atom. The van der Waals surface area contributed by atoms with E-state index in [0.29, 0.717) is 25.2 Å². The molecular weight excluding hydrogens is 789 g/mol. The molecule has 13 nitrogen and oxygen atoms in total. The minimum atomic E-state index is -3.01. The average Bonchev–Trinajstić information content (AvgIpc) is 3.98. The van der Waals surface area contributed by atoms with Crippen LogP contribution < -0.4 is 10.4 Å². The van der Waals surface area contributed by atoms with Crippen molar-refractivity contribution in [3.8, 4) is 0 Å². The van der Waals surface area contributed by atoms with Crippen LogP contribution in [-0.4, -0.2) is 144 Å². The van der Waals surface area contributed by atoms with Gasteiger partial charge in [-0.05, 0) is 49.8 Å². The summed E-state index contributed by atoms with van der Waals surface area (Å²) >= 11 is 0. The highest BCUT2D eigenvalue weighted by Crippen LogP contribution is 2.20. The number of epoxide rings is 1. The largest absolute Gasteiger partial charge is 0.536 e. The maximum atomic E-state index is 10.7. The highest BCUT2D eigenvalue weighted by molar-refractivity contribution is 6.87. The Hall–Kier alpha value is -1.21. The first-order valence-corrected chi connectivity index (χ1v) is 25.8. The normalized spacial score (nSPS) is 15.5. The smallest absolute Gasteiger partial charge is 0.411 e. The van der Waals surface area contributed by atoms with Gasteiger partial charge in [-0.15, -0.1) is 0 Å². The van der Waals surface area contributed by atoms with E-state index in [1.54, 1.807) is 49.2 Å². The first-order chi connectivity index (χ1) is 23.8. The topological polar surface area (TPSA) is 156 Å². The molecule has 1 aliphatic heterocycles. The Bertz CT molecular complexity index is 1110. The molecule has 0 bridgehead atoms. The average molecular weight is 875 g/mol. The maximum absolute atomic E-state index is 10.7. The molecule has 4 unspecified atom stereocenters. The van der Waals surface area contributed by atoms with Crippen molar-refractivity contribution >= 4 is 44.9 Å². The number of hydrogen-bond donors (Lipinski definition) is 3. The van der Waals surface area contributed by atoms with Crippen molar-refractivity contribution in [1.29, 1.82) is 0 Å². The molecule has 3 N–H and O–H groups in total.